The third-order valence-corrected chi connectivity index (χ3v) is 9.31. The number of piperidine rings is 1. The van der Waals surface area contributed by atoms with Crippen molar-refractivity contribution in [3.05, 3.63) is 39.9 Å². The average Bonchev–Trinajstić information content (AvgIpc) is 3.35. The number of hydrogen-bond acceptors (Lipinski definition) is 6. The monoisotopic (exact) mass is 427 g/mol. The van der Waals surface area contributed by atoms with E-state index in [1.807, 2.05) is 41.8 Å². The van der Waals surface area contributed by atoms with E-state index in [1.165, 1.54) is 16.2 Å². The predicted molar refractivity (Wildman–Crippen MR) is 114 cm³/mol. The van der Waals surface area contributed by atoms with Crippen molar-refractivity contribution in [3.8, 4) is 0 Å². The molecule has 2 aromatic heterocycles. The molecule has 0 saturated carbocycles. The van der Waals surface area contributed by atoms with Crippen molar-refractivity contribution >= 4 is 32.7 Å². The van der Waals surface area contributed by atoms with Crippen LogP contribution in [0.3, 0.4) is 0 Å². The second-order valence-electron chi connectivity index (χ2n) is 7.25. The fourth-order valence-electron chi connectivity index (χ4n) is 3.48. The van der Waals surface area contributed by atoms with Crippen molar-refractivity contribution in [1.29, 1.82) is 0 Å². The summed E-state index contributed by atoms with van der Waals surface area (Å²) in [5, 5.41) is 3.96. The fourth-order valence-corrected chi connectivity index (χ4v) is 6.97. The van der Waals surface area contributed by atoms with E-state index >= 15 is 0 Å². The van der Waals surface area contributed by atoms with Crippen LogP contribution in [0.25, 0.3) is 0 Å². The van der Waals surface area contributed by atoms with Gasteiger partial charge in [0.2, 0.25) is 0 Å². The molecule has 0 aliphatic carbocycles. The third kappa shape index (κ3) is 5.62. The maximum absolute atomic E-state index is 13.2. The van der Waals surface area contributed by atoms with Crippen LogP contribution in [0.15, 0.2) is 39.2 Å². The summed E-state index contributed by atoms with van der Waals surface area (Å²) in [6, 6.07) is 7.92. The van der Waals surface area contributed by atoms with Gasteiger partial charge in [-0.15, -0.1) is 22.7 Å². The summed E-state index contributed by atoms with van der Waals surface area (Å²) in [6.45, 7) is 4.28. The van der Waals surface area contributed by atoms with Gasteiger partial charge in [-0.1, -0.05) is 12.1 Å². The molecule has 0 radical (unpaired) electrons. The molecule has 2 aromatic rings. The lowest BCUT2D eigenvalue weighted by Crippen LogP contribution is -2.49. The summed E-state index contributed by atoms with van der Waals surface area (Å²) in [6.07, 6.45) is 2.89. The molecule has 0 aromatic carbocycles. The highest BCUT2D eigenvalue weighted by Gasteiger charge is 2.34. The number of sulfonamides is 1. The quantitative estimate of drug-likeness (QED) is 0.617. The largest absolute Gasteiger partial charge is 0.308 e. The Bertz CT molecular complexity index is 765. The molecule has 0 amide bonds. The molecule has 150 valence electrons. The lowest BCUT2D eigenvalue weighted by Gasteiger charge is -2.38. The zero-order valence-corrected chi connectivity index (χ0v) is 18.5. The van der Waals surface area contributed by atoms with E-state index in [9.17, 15) is 8.42 Å². The zero-order valence-electron chi connectivity index (χ0n) is 16.1. The van der Waals surface area contributed by atoms with E-state index in [2.05, 4.69) is 22.4 Å². The Hall–Kier alpha value is -0.770. The topological polar surface area (TPSA) is 43.9 Å². The van der Waals surface area contributed by atoms with Crippen LogP contribution in [0.4, 0.5) is 0 Å². The van der Waals surface area contributed by atoms with Gasteiger partial charge in [-0.2, -0.15) is 4.31 Å². The molecular formula is C19H29N3O2S3. The van der Waals surface area contributed by atoms with Gasteiger partial charge in [-0.25, -0.2) is 8.42 Å². The third-order valence-electron chi connectivity index (χ3n) is 5.04. The van der Waals surface area contributed by atoms with Crippen molar-refractivity contribution in [1.82, 2.24) is 14.1 Å². The minimum atomic E-state index is -3.41. The molecule has 1 aliphatic rings. The highest BCUT2D eigenvalue weighted by Crippen LogP contribution is 2.27. The smallest absolute Gasteiger partial charge is 0.252 e. The summed E-state index contributed by atoms with van der Waals surface area (Å²) in [4.78, 5) is 5.94. The van der Waals surface area contributed by atoms with Gasteiger partial charge in [0.25, 0.3) is 10.0 Å². The van der Waals surface area contributed by atoms with Crippen molar-refractivity contribution in [2.75, 3.05) is 46.8 Å². The Morgan fingerprint density at radius 2 is 1.78 bits per heavy atom. The van der Waals surface area contributed by atoms with Crippen molar-refractivity contribution < 1.29 is 8.42 Å². The Morgan fingerprint density at radius 1 is 1.07 bits per heavy atom. The number of likely N-dealkylation sites (N-methyl/N-ethyl adjacent to an activating group) is 1. The number of nitrogens with zero attached hydrogens (tertiary/aromatic N) is 3. The lowest BCUT2D eigenvalue weighted by atomic mass is 10.0. The van der Waals surface area contributed by atoms with Crippen LogP contribution in [0, 0.1) is 0 Å². The van der Waals surface area contributed by atoms with Gasteiger partial charge in [0.05, 0.1) is 0 Å². The van der Waals surface area contributed by atoms with Crippen LogP contribution in [0.2, 0.25) is 0 Å². The molecule has 8 heteroatoms. The number of hydrogen-bond donors (Lipinski definition) is 0. The first-order valence-electron chi connectivity index (χ1n) is 9.41. The van der Waals surface area contributed by atoms with Gasteiger partial charge in [0, 0.05) is 30.6 Å². The SMILES string of the molecule is CN(C)CCN(C1CCN(CCc2cccs2)CC1)S(=O)(=O)c1cccs1. The fraction of sp³-hybridized carbons (Fsp3) is 0.579. The molecule has 3 rings (SSSR count). The van der Waals surface area contributed by atoms with Crippen LogP contribution in [0.5, 0.6) is 0 Å². The normalized spacial score (nSPS) is 17.2. The second kappa shape index (κ2) is 9.62. The molecule has 0 unspecified atom stereocenters. The van der Waals surface area contributed by atoms with Crippen LogP contribution in [-0.4, -0.2) is 75.4 Å². The molecule has 1 fully saturated rings. The predicted octanol–water partition coefficient (Wildman–Crippen LogP) is 3.07. The van der Waals surface area contributed by atoms with E-state index in [-0.39, 0.29) is 6.04 Å². The molecule has 0 N–H and O–H groups in total. The van der Waals surface area contributed by atoms with Crippen LogP contribution in [0.1, 0.15) is 17.7 Å². The lowest BCUT2D eigenvalue weighted by molar-refractivity contribution is 0.155. The second-order valence-corrected chi connectivity index (χ2v) is 11.4. The summed E-state index contributed by atoms with van der Waals surface area (Å²) < 4.78 is 28.6. The highest BCUT2D eigenvalue weighted by molar-refractivity contribution is 7.91. The van der Waals surface area contributed by atoms with E-state index in [4.69, 9.17) is 0 Å². The Labute approximate surface area is 171 Å². The van der Waals surface area contributed by atoms with Gasteiger partial charge in [0.1, 0.15) is 4.21 Å². The Morgan fingerprint density at radius 3 is 2.37 bits per heavy atom. The number of rotatable bonds is 9. The van der Waals surface area contributed by atoms with Gasteiger partial charge >= 0.3 is 0 Å². The first-order chi connectivity index (χ1) is 13.0. The first kappa shape index (κ1) is 21.0. The molecule has 27 heavy (non-hydrogen) atoms. The molecular weight excluding hydrogens is 398 g/mol. The highest BCUT2D eigenvalue weighted by atomic mass is 32.2. The zero-order chi connectivity index (χ0) is 19.3. The minimum Gasteiger partial charge on any atom is -0.308 e. The Kier molecular flexibility index (Phi) is 7.47. The molecule has 1 aliphatic heterocycles. The molecule has 3 heterocycles. The molecule has 1 saturated heterocycles. The summed E-state index contributed by atoms with van der Waals surface area (Å²) >= 11 is 3.12. The van der Waals surface area contributed by atoms with Crippen LogP contribution in [-0.2, 0) is 16.4 Å². The van der Waals surface area contributed by atoms with Gasteiger partial charge in [-0.05, 0) is 69.3 Å². The molecule has 0 atom stereocenters. The Balaban J connectivity index is 1.62. The number of likely N-dealkylation sites (tertiary alicyclic amines) is 1. The minimum absolute atomic E-state index is 0.0926. The average molecular weight is 428 g/mol. The van der Waals surface area contributed by atoms with E-state index < -0.39 is 10.0 Å². The maximum atomic E-state index is 13.2. The first-order valence-corrected chi connectivity index (χ1v) is 12.6. The summed E-state index contributed by atoms with van der Waals surface area (Å²) in [5.74, 6) is 0. The standard InChI is InChI=1S/C19H29N3O2S3/c1-20(2)13-14-22(27(23,24)19-6-4-16-26-19)17-7-10-21(11-8-17)12-9-18-5-3-15-25-18/h3-6,15-17H,7-14H2,1-2H3. The van der Waals surface area contributed by atoms with E-state index in [0.717, 1.165) is 45.4 Å². The van der Waals surface area contributed by atoms with E-state index in [0.29, 0.717) is 10.8 Å². The molecule has 5 nitrogen and oxygen atoms in total. The van der Waals surface area contributed by atoms with Crippen molar-refractivity contribution in [3.63, 3.8) is 0 Å². The maximum Gasteiger partial charge on any atom is 0.252 e. The van der Waals surface area contributed by atoms with Gasteiger partial charge < -0.3 is 9.80 Å². The molecule has 0 spiro atoms. The van der Waals surface area contributed by atoms with Gasteiger partial charge in [0.15, 0.2) is 0 Å². The summed E-state index contributed by atoms with van der Waals surface area (Å²) in [7, 11) is 0.568. The van der Waals surface area contributed by atoms with Gasteiger partial charge in [-0.3, -0.25) is 0 Å². The summed E-state index contributed by atoms with van der Waals surface area (Å²) in [5.41, 5.74) is 0. The number of thiophene rings is 2. The van der Waals surface area contributed by atoms with Crippen molar-refractivity contribution in [2.45, 2.75) is 29.5 Å². The van der Waals surface area contributed by atoms with E-state index in [1.54, 1.807) is 10.4 Å². The van der Waals surface area contributed by atoms with Crippen LogP contribution < -0.4 is 0 Å². The van der Waals surface area contributed by atoms with Crippen LogP contribution >= 0.6 is 22.7 Å². The van der Waals surface area contributed by atoms with Crippen molar-refractivity contribution in [2.24, 2.45) is 0 Å². The molecule has 0 bridgehead atoms.